The molecule has 16 heavy (non-hydrogen) atoms. The maximum absolute atomic E-state index is 13.8. The summed E-state index contributed by atoms with van der Waals surface area (Å²) in [6.45, 7) is 9.27. The van der Waals surface area contributed by atoms with Crippen molar-refractivity contribution in [2.45, 2.75) is 46.5 Å². The maximum Gasteiger partial charge on any atom is 0.148 e. The van der Waals surface area contributed by atoms with E-state index in [1.807, 2.05) is 27.7 Å². The Bertz CT molecular complexity index is 374. The molecule has 3 heteroatoms. The van der Waals surface area contributed by atoms with E-state index < -0.39 is 11.6 Å². The first-order valence-electron chi connectivity index (χ1n) is 5.45. The predicted molar refractivity (Wildman–Crippen MR) is 64.3 cm³/mol. The summed E-state index contributed by atoms with van der Waals surface area (Å²) >= 11 is 5.70. The SMILES string of the molecule is Cc1c(C(C)C)c(F)c(Cl)c(F)c1C(C)C. The summed E-state index contributed by atoms with van der Waals surface area (Å²) in [5.74, 6) is -1.24. The molecule has 0 N–H and O–H groups in total. The van der Waals surface area contributed by atoms with E-state index in [-0.39, 0.29) is 16.9 Å². The van der Waals surface area contributed by atoms with E-state index in [2.05, 4.69) is 0 Å². The number of halogens is 3. The normalized spacial score (nSPS) is 11.6. The first kappa shape index (κ1) is 13.4. The Balaban J connectivity index is 3.66. The molecule has 0 aliphatic carbocycles. The lowest BCUT2D eigenvalue weighted by Crippen LogP contribution is -2.07. The van der Waals surface area contributed by atoms with Crippen LogP contribution in [0.5, 0.6) is 0 Å². The molecular formula is C13H17ClF2. The lowest BCUT2D eigenvalue weighted by atomic mass is 9.88. The minimum atomic E-state index is -0.615. The topological polar surface area (TPSA) is 0 Å². The summed E-state index contributed by atoms with van der Waals surface area (Å²) < 4.78 is 27.7. The third kappa shape index (κ3) is 2.08. The van der Waals surface area contributed by atoms with Crippen LogP contribution < -0.4 is 0 Å². The van der Waals surface area contributed by atoms with E-state index in [1.165, 1.54) is 0 Å². The van der Waals surface area contributed by atoms with Crippen LogP contribution in [0.25, 0.3) is 0 Å². The van der Waals surface area contributed by atoms with Crippen molar-refractivity contribution in [2.75, 3.05) is 0 Å². The van der Waals surface area contributed by atoms with E-state index in [0.717, 1.165) is 0 Å². The fourth-order valence-corrected chi connectivity index (χ4v) is 2.38. The molecule has 0 saturated heterocycles. The number of rotatable bonds is 2. The minimum absolute atomic E-state index is 0.00407. The van der Waals surface area contributed by atoms with Crippen molar-refractivity contribution in [3.05, 3.63) is 33.3 Å². The van der Waals surface area contributed by atoms with Gasteiger partial charge in [0.05, 0.1) is 0 Å². The van der Waals surface area contributed by atoms with Gasteiger partial charge in [-0.25, -0.2) is 8.78 Å². The molecule has 0 bridgehead atoms. The maximum atomic E-state index is 13.8. The molecule has 0 heterocycles. The molecule has 0 spiro atoms. The molecule has 0 aliphatic heterocycles. The number of benzene rings is 1. The van der Waals surface area contributed by atoms with Crippen molar-refractivity contribution >= 4 is 11.6 Å². The molecule has 0 aromatic heterocycles. The molecule has 1 rings (SSSR count). The summed E-state index contributed by atoms with van der Waals surface area (Å²) in [6, 6.07) is 0. The van der Waals surface area contributed by atoms with Gasteiger partial charge >= 0.3 is 0 Å². The van der Waals surface area contributed by atoms with Gasteiger partial charge in [0.15, 0.2) is 0 Å². The average molecular weight is 247 g/mol. The van der Waals surface area contributed by atoms with Crippen LogP contribution in [0.1, 0.15) is 56.2 Å². The third-order valence-corrected chi connectivity index (χ3v) is 3.15. The molecule has 1 aromatic carbocycles. The third-order valence-electron chi connectivity index (χ3n) is 2.82. The Kier molecular flexibility index (Phi) is 3.95. The van der Waals surface area contributed by atoms with Crippen LogP contribution in [-0.4, -0.2) is 0 Å². The summed E-state index contributed by atoms with van der Waals surface area (Å²) in [6.07, 6.45) is 0. The van der Waals surface area contributed by atoms with Crippen LogP contribution in [0.4, 0.5) is 8.78 Å². The highest BCUT2D eigenvalue weighted by Crippen LogP contribution is 2.36. The Morgan fingerprint density at radius 3 is 1.44 bits per heavy atom. The second-order valence-electron chi connectivity index (χ2n) is 4.70. The molecule has 0 radical (unpaired) electrons. The lowest BCUT2D eigenvalue weighted by molar-refractivity contribution is 0.546. The van der Waals surface area contributed by atoms with Gasteiger partial charge in [-0.3, -0.25) is 0 Å². The zero-order valence-corrected chi connectivity index (χ0v) is 11.0. The van der Waals surface area contributed by atoms with Crippen LogP contribution in [0.2, 0.25) is 5.02 Å². The molecule has 0 saturated carbocycles. The number of hydrogen-bond donors (Lipinski definition) is 0. The highest BCUT2D eigenvalue weighted by atomic mass is 35.5. The first-order valence-corrected chi connectivity index (χ1v) is 5.83. The van der Waals surface area contributed by atoms with Gasteiger partial charge in [-0.05, 0) is 35.4 Å². The van der Waals surface area contributed by atoms with Gasteiger partial charge in [-0.2, -0.15) is 0 Å². The van der Waals surface area contributed by atoms with Gasteiger partial charge in [-0.1, -0.05) is 39.3 Å². The van der Waals surface area contributed by atoms with Crippen molar-refractivity contribution in [3.63, 3.8) is 0 Å². The molecule has 0 amide bonds. The van der Waals surface area contributed by atoms with E-state index in [0.29, 0.717) is 16.7 Å². The van der Waals surface area contributed by atoms with Crippen LogP contribution >= 0.6 is 11.6 Å². The van der Waals surface area contributed by atoms with Gasteiger partial charge in [0, 0.05) is 0 Å². The predicted octanol–water partition coefficient (Wildman–Crippen LogP) is 5.17. The fourth-order valence-electron chi connectivity index (χ4n) is 2.18. The molecule has 0 aliphatic rings. The van der Waals surface area contributed by atoms with Crippen molar-refractivity contribution in [3.8, 4) is 0 Å². The summed E-state index contributed by atoms with van der Waals surface area (Å²) in [4.78, 5) is 0. The fraction of sp³-hybridized carbons (Fsp3) is 0.538. The van der Waals surface area contributed by atoms with Crippen LogP contribution in [0.3, 0.4) is 0 Å². The van der Waals surface area contributed by atoms with Gasteiger partial charge < -0.3 is 0 Å². The van der Waals surface area contributed by atoms with Crippen molar-refractivity contribution in [1.29, 1.82) is 0 Å². The zero-order valence-electron chi connectivity index (χ0n) is 10.3. The molecule has 0 nitrogen and oxygen atoms in total. The van der Waals surface area contributed by atoms with E-state index >= 15 is 0 Å². The summed E-state index contributed by atoms with van der Waals surface area (Å²) in [5.41, 5.74) is 1.73. The standard InChI is InChI=1S/C13H17ClF2/c1-6(2)9-8(5)10(7(3)4)13(16)11(14)12(9)15/h6-7H,1-5H3. The smallest absolute Gasteiger partial charge is 0.148 e. The van der Waals surface area contributed by atoms with Crippen molar-refractivity contribution < 1.29 is 8.78 Å². The Labute approximate surface area is 101 Å². The highest BCUT2D eigenvalue weighted by molar-refractivity contribution is 6.31. The summed E-state index contributed by atoms with van der Waals surface area (Å²) in [5, 5.41) is -0.377. The Morgan fingerprint density at radius 2 is 1.19 bits per heavy atom. The van der Waals surface area contributed by atoms with Crippen molar-refractivity contribution in [1.82, 2.24) is 0 Å². The molecule has 1 aromatic rings. The van der Waals surface area contributed by atoms with Gasteiger partial charge in [0.1, 0.15) is 16.7 Å². The highest BCUT2D eigenvalue weighted by Gasteiger charge is 2.23. The van der Waals surface area contributed by atoms with E-state index in [4.69, 9.17) is 11.6 Å². The van der Waals surface area contributed by atoms with Crippen LogP contribution in [0, 0.1) is 18.6 Å². The van der Waals surface area contributed by atoms with Crippen LogP contribution in [-0.2, 0) is 0 Å². The van der Waals surface area contributed by atoms with Gasteiger partial charge in [0.25, 0.3) is 0 Å². The van der Waals surface area contributed by atoms with E-state index in [9.17, 15) is 8.78 Å². The Hall–Kier alpha value is -0.630. The van der Waals surface area contributed by atoms with Gasteiger partial charge in [-0.15, -0.1) is 0 Å². The molecule has 0 atom stereocenters. The second kappa shape index (κ2) is 4.70. The molecule has 90 valence electrons. The zero-order chi connectivity index (χ0) is 12.6. The quantitative estimate of drug-likeness (QED) is 0.632. The molecule has 0 fully saturated rings. The van der Waals surface area contributed by atoms with Crippen molar-refractivity contribution in [2.24, 2.45) is 0 Å². The van der Waals surface area contributed by atoms with Gasteiger partial charge in [0.2, 0.25) is 0 Å². The lowest BCUT2D eigenvalue weighted by Gasteiger charge is -2.19. The Morgan fingerprint density at radius 1 is 0.875 bits per heavy atom. The first-order chi connectivity index (χ1) is 7.29. The monoisotopic (exact) mass is 246 g/mol. The molecule has 0 unspecified atom stereocenters. The second-order valence-corrected chi connectivity index (χ2v) is 5.08. The number of hydrogen-bond acceptors (Lipinski definition) is 0. The van der Waals surface area contributed by atoms with Crippen LogP contribution in [0.15, 0.2) is 0 Å². The summed E-state index contributed by atoms with van der Waals surface area (Å²) in [7, 11) is 0. The minimum Gasteiger partial charge on any atom is -0.205 e. The average Bonchev–Trinajstić information content (AvgIpc) is 2.13. The molecular weight excluding hydrogens is 230 g/mol. The largest absolute Gasteiger partial charge is 0.205 e. The van der Waals surface area contributed by atoms with E-state index in [1.54, 1.807) is 6.92 Å².